The minimum atomic E-state index is 0.312. The van der Waals surface area contributed by atoms with Crippen LogP contribution in [-0.2, 0) is 0 Å². The second-order valence-corrected chi connectivity index (χ2v) is 3.77. The van der Waals surface area contributed by atoms with Crippen molar-refractivity contribution in [3.63, 3.8) is 0 Å². The molecule has 0 bridgehead atoms. The van der Waals surface area contributed by atoms with Gasteiger partial charge in [0.25, 0.3) is 0 Å². The summed E-state index contributed by atoms with van der Waals surface area (Å²) in [6.45, 7) is 8.75. The molecule has 0 rings (SSSR count). The standard InChI is InChI=1S/C11H25N3/c1-4-7-8-14(6-3)10(5-2)9-11(12)13/h10H,4-9H2,1-3H3,(H3,12,13). The van der Waals surface area contributed by atoms with Gasteiger partial charge in [0, 0.05) is 12.5 Å². The number of nitrogens with zero attached hydrogens (tertiary/aromatic N) is 1. The normalized spacial score (nSPS) is 13.1. The van der Waals surface area contributed by atoms with Gasteiger partial charge in [-0.05, 0) is 25.9 Å². The third-order valence-corrected chi connectivity index (χ3v) is 2.65. The van der Waals surface area contributed by atoms with Crippen molar-refractivity contribution in [1.82, 2.24) is 4.90 Å². The van der Waals surface area contributed by atoms with Gasteiger partial charge < -0.3 is 10.6 Å². The SMILES string of the molecule is CCCCN(CC)C(CC)CC(=N)N. The maximum atomic E-state index is 7.32. The molecule has 1 atom stereocenters. The van der Waals surface area contributed by atoms with Crippen molar-refractivity contribution >= 4 is 5.84 Å². The molecule has 3 heteroatoms. The van der Waals surface area contributed by atoms with Crippen molar-refractivity contribution in [2.75, 3.05) is 13.1 Å². The van der Waals surface area contributed by atoms with E-state index in [1.165, 1.54) is 12.8 Å². The Morgan fingerprint density at radius 2 is 2.00 bits per heavy atom. The lowest BCUT2D eigenvalue weighted by molar-refractivity contribution is 0.202. The zero-order chi connectivity index (χ0) is 11.0. The van der Waals surface area contributed by atoms with E-state index in [1.54, 1.807) is 0 Å². The molecule has 0 saturated carbocycles. The molecule has 3 nitrogen and oxygen atoms in total. The van der Waals surface area contributed by atoms with Crippen molar-refractivity contribution in [1.29, 1.82) is 5.41 Å². The summed E-state index contributed by atoms with van der Waals surface area (Å²) in [5.74, 6) is 0.312. The van der Waals surface area contributed by atoms with Crippen LogP contribution in [0.25, 0.3) is 0 Å². The number of hydrogen-bond acceptors (Lipinski definition) is 2. The Morgan fingerprint density at radius 1 is 1.36 bits per heavy atom. The number of rotatable bonds is 8. The minimum absolute atomic E-state index is 0.312. The monoisotopic (exact) mass is 199 g/mol. The molecule has 3 N–H and O–H groups in total. The lowest BCUT2D eigenvalue weighted by Gasteiger charge is -2.29. The van der Waals surface area contributed by atoms with Crippen LogP contribution in [0.3, 0.4) is 0 Å². The molecular formula is C11H25N3. The van der Waals surface area contributed by atoms with Crippen LogP contribution >= 0.6 is 0 Å². The van der Waals surface area contributed by atoms with E-state index in [-0.39, 0.29) is 0 Å². The largest absolute Gasteiger partial charge is 0.388 e. The highest BCUT2D eigenvalue weighted by Gasteiger charge is 2.15. The Balaban J connectivity index is 4.06. The zero-order valence-corrected chi connectivity index (χ0v) is 9.84. The molecule has 0 heterocycles. The van der Waals surface area contributed by atoms with E-state index in [2.05, 4.69) is 25.7 Å². The number of unbranched alkanes of at least 4 members (excludes halogenated alkanes) is 1. The first-order valence-electron chi connectivity index (χ1n) is 5.72. The molecule has 0 radical (unpaired) electrons. The number of nitrogens with two attached hydrogens (primary N) is 1. The average molecular weight is 199 g/mol. The summed E-state index contributed by atoms with van der Waals surface area (Å²) in [5, 5.41) is 7.32. The van der Waals surface area contributed by atoms with Crippen molar-refractivity contribution in [2.24, 2.45) is 5.73 Å². The van der Waals surface area contributed by atoms with Gasteiger partial charge in [0.1, 0.15) is 0 Å². The van der Waals surface area contributed by atoms with Crippen molar-refractivity contribution in [3.8, 4) is 0 Å². The van der Waals surface area contributed by atoms with E-state index in [0.717, 1.165) is 19.5 Å². The van der Waals surface area contributed by atoms with Crippen LogP contribution in [0.1, 0.15) is 46.5 Å². The van der Waals surface area contributed by atoms with Gasteiger partial charge in [-0.15, -0.1) is 0 Å². The number of hydrogen-bond donors (Lipinski definition) is 2. The molecule has 0 amide bonds. The van der Waals surface area contributed by atoms with Gasteiger partial charge in [-0.25, -0.2) is 0 Å². The van der Waals surface area contributed by atoms with Crippen LogP contribution in [0.15, 0.2) is 0 Å². The first-order valence-corrected chi connectivity index (χ1v) is 5.72. The topological polar surface area (TPSA) is 53.1 Å². The van der Waals surface area contributed by atoms with Crippen LogP contribution in [0, 0.1) is 5.41 Å². The molecule has 1 unspecified atom stereocenters. The van der Waals surface area contributed by atoms with E-state index in [9.17, 15) is 0 Å². The number of amidine groups is 1. The Bertz CT molecular complexity index is 157. The smallest absolute Gasteiger partial charge is 0.0921 e. The Morgan fingerprint density at radius 3 is 2.36 bits per heavy atom. The highest BCUT2D eigenvalue weighted by atomic mass is 15.1. The second kappa shape index (κ2) is 7.80. The molecule has 14 heavy (non-hydrogen) atoms. The summed E-state index contributed by atoms with van der Waals surface area (Å²) in [7, 11) is 0. The van der Waals surface area contributed by atoms with E-state index >= 15 is 0 Å². The molecule has 0 aliphatic carbocycles. The summed E-state index contributed by atoms with van der Waals surface area (Å²) in [6.07, 6.45) is 4.26. The molecule has 0 aromatic heterocycles. The lowest BCUT2D eigenvalue weighted by atomic mass is 10.1. The lowest BCUT2D eigenvalue weighted by Crippen LogP contribution is -2.38. The highest BCUT2D eigenvalue weighted by Crippen LogP contribution is 2.09. The molecule has 0 saturated heterocycles. The van der Waals surface area contributed by atoms with E-state index in [0.29, 0.717) is 18.3 Å². The minimum Gasteiger partial charge on any atom is -0.388 e. The molecule has 0 aliphatic heterocycles. The van der Waals surface area contributed by atoms with Gasteiger partial charge in [-0.3, -0.25) is 5.41 Å². The van der Waals surface area contributed by atoms with Crippen molar-refractivity contribution in [2.45, 2.75) is 52.5 Å². The Labute approximate surface area is 88.2 Å². The van der Waals surface area contributed by atoms with Gasteiger partial charge >= 0.3 is 0 Å². The molecule has 0 aromatic rings. The summed E-state index contributed by atoms with van der Waals surface area (Å²) >= 11 is 0. The van der Waals surface area contributed by atoms with Gasteiger partial charge in [0.05, 0.1) is 5.84 Å². The van der Waals surface area contributed by atoms with Crippen molar-refractivity contribution in [3.05, 3.63) is 0 Å². The van der Waals surface area contributed by atoms with Crippen LogP contribution in [0.2, 0.25) is 0 Å². The Hall–Kier alpha value is -0.570. The van der Waals surface area contributed by atoms with E-state index < -0.39 is 0 Å². The first-order chi connectivity index (χ1) is 6.65. The van der Waals surface area contributed by atoms with Crippen molar-refractivity contribution < 1.29 is 0 Å². The summed E-state index contributed by atoms with van der Waals surface area (Å²) < 4.78 is 0. The molecule has 0 fully saturated rings. The van der Waals surface area contributed by atoms with Crippen LogP contribution in [0.4, 0.5) is 0 Å². The van der Waals surface area contributed by atoms with Gasteiger partial charge in [0.2, 0.25) is 0 Å². The van der Waals surface area contributed by atoms with Gasteiger partial charge in [-0.2, -0.15) is 0 Å². The summed E-state index contributed by atoms with van der Waals surface area (Å²) in [4.78, 5) is 2.44. The second-order valence-electron chi connectivity index (χ2n) is 3.77. The van der Waals surface area contributed by atoms with Crippen LogP contribution in [0.5, 0.6) is 0 Å². The van der Waals surface area contributed by atoms with E-state index in [1.807, 2.05) is 0 Å². The van der Waals surface area contributed by atoms with Crippen LogP contribution < -0.4 is 5.73 Å². The fourth-order valence-electron chi connectivity index (χ4n) is 1.75. The average Bonchev–Trinajstić information content (AvgIpc) is 2.16. The molecule has 84 valence electrons. The quantitative estimate of drug-likeness (QED) is 0.465. The highest BCUT2D eigenvalue weighted by molar-refractivity contribution is 5.77. The first kappa shape index (κ1) is 13.4. The fraction of sp³-hybridized carbons (Fsp3) is 0.909. The Kier molecular flexibility index (Phi) is 7.48. The maximum absolute atomic E-state index is 7.32. The third kappa shape index (κ3) is 5.22. The third-order valence-electron chi connectivity index (χ3n) is 2.65. The molecule has 0 aromatic carbocycles. The molecule has 0 aliphatic rings. The predicted octanol–water partition coefficient (Wildman–Crippen LogP) is 2.21. The molecule has 0 spiro atoms. The number of nitrogens with one attached hydrogen (secondary N) is 1. The van der Waals surface area contributed by atoms with Crippen LogP contribution in [-0.4, -0.2) is 29.9 Å². The van der Waals surface area contributed by atoms with Gasteiger partial charge in [-0.1, -0.05) is 27.2 Å². The van der Waals surface area contributed by atoms with Gasteiger partial charge in [0.15, 0.2) is 0 Å². The summed E-state index contributed by atoms with van der Waals surface area (Å²) in [5.41, 5.74) is 5.45. The zero-order valence-electron chi connectivity index (χ0n) is 9.84. The van der Waals surface area contributed by atoms with E-state index in [4.69, 9.17) is 11.1 Å². The predicted molar refractivity (Wildman–Crippen MR) is 62.8 cm³/mol. The fourth-order valence-corrected chi connectivity index (χ4v) is 1.75. The molecular weight excluding hydrogens is 174 g/mol. The summed E-state index contributed by atoms with van der Waals surface area (Å²) in [6, 6.07) is 0.462. The maximum Gasteiger partial charge on any atom is 0.0921 e.